The van der Waals surface area contributed by atoms with Crippen LogP contribution in [0.1, 0.15) is 10.5 Å². The van der Waals surface area contributed by atoms with Crippen molar-refractivity contribution >= 4 is 17.7 Å². The topological polar surface area (TPSA) is 50.2 Å². The lowest BCUT2D eigenvalue weighted by Gasteiger charge is -2.04. The summed E-state index contributed by atoms with van der Waals surface area (Å²) in [7, 11) is 0. The molecule has 0 amide bonds. The monoisotopic (exact) mass is 245 g/mol. The normalized spacial score (nSPS) is 10.2. The van der Waals surface area contributed by atoms with Crippen molar-refractivity contribution in [2.45, 2.75) is 4.90 Å². The van der Waals surface area contributed by atoms with Crippen LogP contribution in [0.2, 0.25) is 0 Å². The number of nitrogens with zero attached hydrogens (tertiary/aromatic N) is 1. The van der Waals surface area contributed by atoms with Gasteiger partial charge in [-0.15, -0.1) is 11.8 Å². The van der Waals surface area contributed by atoms with Crippen molar-refractivity contribution in [3.05, 3.63) is 48.3 Å². The molecular weight excluding hydrogens is 234 g/mol. The third-order valence-corrected chi connectivity index (χ3v) is 3.11. The van der Waals surface area contributed by atoms with Gasteiger partial charge in [0.05, 0.1) is 0 Å². The van der Waals surface area contributed by atoms with Crippen LogP contribution in [-0.4, -0.2) is 22.3 Å². The standard InChI is InChI=1S/C13H11NO2S/c1-17-11-4-2-3-9(7-11)10-5-6-14-12(8-10)13(15)16/h2-8H,1H3,(H,15,16). The van der Waals surface area contributed by atoms with Crippen LogP contribution in [0.4, 0.5) is 0 Å². The molecule has 2 aromatic rings. The fourth-order valence-corrected chi connectivity index (χ4v) is 1.99. The molecule has 0 spiro atoms. The van der Waals surface area contributed by atoms with Crippen molar-refractivity contribution < 1.29 is 9.90 Å². The first-order chi connectivity index (χ1) is 8.20. The van der Waals surface area contributed by atoms with E-state index in [9.17, 15) is 4.79 Å². The molecular formula is C13H11NO2S. The van der Waals surface area contributed by atoms with E-state index in [-0.39, 0.29) is 5.69 Å². The smallest absolute Gasteiger partial charge is 0.354 e. The van der Waals surface area contributed by atoms with Gasteiger partial charge in [-0.05, 0) is 41.6 Å². The number of carboxylic acids is 1. The van der Waals surface area contributed by atoms with Gasteiger partial charge in [0, 0.05) is 11.1 Å². The second-order valence-corrected chi connectivity index (χ2v) is 4.35. The fraction of sp³-hybridized carbons (Fsp3) is 0.0769. The Morgan fingerprint density at radius 3 is 2.71 bits per heavy atom. The number of aromatic nitrogens is 1. The molecule has 1 aromatic heterocycles. The molecule has 0 aliphatic heterocycles. The molecule has 0 unspecified atom stereocenters. The third-order valence-electron chi connectivity index (χ3n) is 2.38. The van der Waals surface area contributed by atoms with Crippen LogP contribution in [-0.2, 0) is 0 Å². The first-order valence-electron chi connectivity index (χ1n) is 5.04. The molecule has 0 aliphatic rings. The van der Waals surface area contributed by atoms with Crippen molar-refractivity contribution in [2.75, 3.05) is 6.26 Å². The number of pyridine rings is 1. The predicted octanol–water partition coefficient (Wildman–Crippen LogP) is 3.17. The summed E-state index contributed by atoms with van der Waals surface area (Å²) in [6, 6.07) is 11.4. The molecule has 0 saturated heterocycles. The highest BCUT2D eigenvalue weighted by atomic mass is 32.2. The van der Waals surface area contributed by atoms with Crippen LogP contribution in [0.15, 0.2) is 47.5 Å². The number of carboxylic acid groups (broad SMARTS) is 1. The van der Waals surface area contributed by atoms with Crippen molar-refractivity contribution in [3.8, 4) is 11.1 Å². The average molecular weight is 245 g/mol. The summed E-state index contributed by atoms with van der Waals surface area (Å²) < 4.78 is 0. The maximum absolute atomic E-state index is 10.8. The number of carbonyl (C=O) groups is 1. The van der Waals surface area contributed by atoms with Gasteiger partial charge >= 0.3 is 5.97 Å². The number of benzene rings is 1. The molecule has 1 heterocycles. The molecule has 3 nitrogen and oxygen atoms in total. The van der Waals surface area contributed by atoms with E-state index in [1.807, 2.05) is 36.6 Å². The molecule has 0 radical (unpaired) electrons. The van der Waals surface area contributed by atoms with Crippen LogP contribution >= 0.6 is 11.8 Å². The number of aromatic carboxylic acids is 1. The Balaban J connectivity index is 2.45. The molecule has 17 heavy (non-hydrogen) atoms. The van der Waals surface area contributed by atoms with Crippen LogP contribution in [0, 0.1) is 0 Å². The minimum Gasteiger partial charge on any atom is -0.477 e. The Kier molecular flexibility index (Phi) is 3.44. The summed E-state index contributed by atoms with van der Waals surface area (Å²) in [5.74, 6) is -1.01. The first kappa shape index (κ1) is 11.7. The van der Waals surface area contributed by atoms with Crippen molar-refractivity contribution in [1.82, 2.24) is 4.98 Å². The van der Waals surface area contributed by atoms with Gasteiger partial charge in [-0.1, -0.05) is 12.1 Å². The molecule has 0 atom stereocenters. The lowest BCUT2D eigenvalue weighted by Crippen LogP contribution is -1.99. The van der Waals surface area contributed by atoms with Crippen LogP contribution in [0.25, 0.3) is 11.1 Å². The van der Waals surface area contributed by atoms with E-state index in [0.29, 0.717) is 0 Å². The summed E-state index contributed by atoms with van der Waals surface area (Å²) >= 11 is 1.66. The summed E-state index contributed by atoms with van der Waals surface area (Å²) in [5, 5.41) is 8.89. The number of hydrogen-bond donors (Lipinski definition) is 1. The van der Waals surface area contributed by atoms with E-state index in [1.54, 1.807) is 17.8 Å². The third kappa shape index (κ3) is 2.65. The van der Waals surface area contributed by atoms with Crippen molar-refractivity contribution in [1.29, 1.82) is 0 Å². The zero-order valence-corrected chi connectivity index (χ0v) is 10.1. The Morgan fingerprint density at radius 2 is 2.00 bits per heavy atom. The highest BCUT2D eigenvalue weighted by Gasteiger charge is 2.06. The zero-order chi connectivity index (χ0) is 12.3. The molecule has 0 aliphatic carbocycles. The summed E-state index contributed by atoms with van der Waals surface area (Å²) in [4.78, 5) is 15.8. The Morgan fingerprint density at radius 1 is 1.24 bits per heavy atom. The SMILES string of the molecule is CSc1cccc(-c2ccnc(C(=O)O)c2)c1. The maximum Gasteiger partial charge on any atom is 0.354 e. The highest BCUT2D eigenvalue weighted by molar-refractivity contribution is 7.98. The molecule has 4 heteroatoms. The Labute approximate surface area is 104 Å². The predicted molar refractivity (Wildman–Crippen MR) is 68.4 cm³/mol. The van der Waals surface area contributed by atoms with Gasteiger partial charge in [-0.2, -0.15) is 0 Å². The van der Waals surface area contributed by atoms with Gasteiger partial charge in [-0.25, -0.2) is 9.78 Å². The van der Waals surface area contributed by atoms with Gasteiger partial charge < -0.3 is 5.11 Å². The molecule has 0 bridgehead atoms. The summed E-state index contributed by atoms with van der Waals surface area (Å²) in [5.41, 5.74) is 1.94. The van der Waals surface area contributed by atoms with Crippen LogP contribution in [0.5, 0.6) is 0 Å². The number of rotatable bonds is 3. The summed E-state index contributed by atoms with van der Waals surface area (Å²) in [6.45, 7) is 0. The van der Waals surface area contributed by atoms with Gasteiger partial charge in [0.25, 0.3) is 0 Å². The second kappa shape index (κ2) is 5.01. The van der Waals surface area contributed by atoms with E-state index < -0.39 is 5.97 Å². The fourth-order valence-electron chi connectivity index (χ4n) is 1.53. The molecule has 0 saturated carbocycles. The Bertz CT molecular complexity index is 555. The van der Waals surface area contributed by atoms with Crippen LogP contribution in [0.3, 0.4) is 0 Å². The van der Waals surface area contributed by atoms with E-state index in [4.69, 9.17) is 5.11 Å². The van der Waals surface area contributed by atoms with Gasteiger partial charge in [0.1, 0.15) is 5.69 Å². The lowest BCUT2D eigenvalue weighted by atomic mass is 10.1. The Hall–Kier alpha value is -1.81. The molecule has 1 N–H and O–H groups in total. The maximum atomic E-state index is 10.8. The highest BCUT2D eigenvalue weighted by Crippen LogP contribution is 2.24. The van der Waals surface area contributed by atoms with Gasteiger partial charge in [0.2, 0.25) is 0 Å². The summed E-state index contributed by atoms with van der Waals surface area (Å²) in [6.07, 6.45) is 3.53. The second-order valence-electron chi connectivity index (χ2n) is 3.47. The number of thioether (sulfide) groups is 1. The van der Waals surface area contributed by atoms with Gasteiger partial charge in [0.15, 0.2) is 0 Å². The largest absolute Gasteiger partial charge is 0.477 e. The van der Waals surface area contributed by atoms with Crippen LogP contribution < -0.4 is 0 Å². The number of hydrogen-bond acceptors (Lipinski definition) is 3. The van der Waals surface area contributed by atoms with E-state index >= 15 is 0 Å². The lowest BCUT2D eigenvalue weighted by molar-refractivity contribution is 0.0690. The quantitative estimate of drug-likeness (QED) is 0.844. The van der Waals surface area contributed by atoms with Crippen molar-refractivity contribution in [3.63, 3.8) is 0 Å². The molecule has 86 valence electrons. The van der Waals surface area contributed by atoms with Gasteiger partial charge in [-0.3, -0.25) is 0 Å². The molecule has 2 rings (SSSR count). The molecule has 0 fully saturated rings. The minimum absolute atomic E-state index is 0.0667. The van der Waals surface area contributed by atoms with E-state index in [2.05, 4.69) is 4.98 Å². The first-order valence-corrected chi connectivity index (χ1v) is 6.27. The van der Waals surface area contributed by atoms with Crippen molar-refractivity contribution in [2.24, 2.45) is 0 Å². The minimum atomic E-state index is -1.01. The van der Waals surface area contributed by atoms with E-state index in [1.165, 1.54) is 6.20 Å². The van der Waals surface area contributed by atoms with E-state index in [0.717, 1.165) is 16.0 Å². The zero-order valence-electron chi connectivity index (χ0n) is 9.25. The average Bonchev–Trinajstić information content (AvgIpc) is 2.39. The molecule has 1 aromatic carbocycles.